The Kier molecular flexibility index (Phi) is 5.16. The Balaban J connectivity index is 1.41. The van der Waals surface area contributed by atoms with Gasteiger partial charge in [-0.2, -0.15) is 9.61 Å². The van der Waals surface area contributed by atoms with E-state index in [2.05, 4.69) is 25.7 Å². The molecule has 3 heterocycles. The minimum Gasteiger partial charge on any atom is -0.475 e. The van der Waals surface area contributed by atoms with Gasteiger partial charge in [-0.15, -0.1) is 15.3 Å². The molecular weight excluding hydrogens is 393 g/mol. The molecule has 0 aliphatic carbocycles. The van der Waals surface area contributed by atoms with Crippen molar-refractivity contribution in [3.63, 3.8) is 0 Å². The molecule has 1 N–H and O–H groups in total. The molecule has 0 aliphatic rings. The molecule has 1 aromatic carbocycles. The standard InChI is InChI=1S/C19H16FN7O3/c1-26-17(28)8-5-14(24-26)19(29)21-9-10-30-16-7-6-15-22-23-18(27(15)25-16)12-3-2-4-13(20)11-12/h2-8,11H,9-10H2,1H3,(H,21,29). The summed E-state index contributed by atoms with van der Waals surface area (Å²) in [6, 6.07) is 11.9. The van der Waals surface area contributed by atoms with Crippen LogP contribution in [-0.2, 0) is 7.05 Å². The first-order valence-corrected chi connectivity index (χ1v) is 8.95. The number of fused-ring (bicyclic) bond motifs is 1. The van der Waals surface area contributed by atoms with E-state index in [1.54, 1.807) is 24.3 Å². The number of carbonyl (C=O) groups excluding carboxylic acids is 1. The number of aromatic nitrogens is 6. The third-order valence-corrected chi connectivity index (χ3v) is 4.15. The second kappa shape index (κ2) is 8.07. The van der Waals surface area contributed by atoms with Crippen molar-refractivity contribution in [2.24, 2.45) is 7.05 Å². The van der Waals surface area contributed by atoms with Crippen LogP contribution in [0.15, 0.2) is 53.3 Å². The minimum absolute atomic E-state index is 0.126. The van der Waals surface area contributed by atoms with E-state index in [-0.39, 0.29) is 36.1 Å². The third-order valence-electron chi connectivity index (χ3n) is 4.15. The first kappa shape index (κ1) is 19.2. The zero-order valence-corrected chi connectivity index (χ0v) is 15.8. The second-order valence-corrected chi connectivity index (χ2v) is 6.26. The molecule has 30 heavy (non-hydrogen) atoms. The Morgan fingerprint density at radius 3 is 2.80 bits per heavy atom. The van der Waals surface area contributed by atoms with Gasteiger partial charge in [-0.05, 0) is 24.3 Å². The molecule has 0 bridgehead atoms. The van der Waals surface area contributed by atoms with Crippen molar-refractivity contribution in [2.75, 3.05) is 13.2 Å². The van der Waals surface area contributed by atoms with Crippen LogP contribution < -0.4 is 15.6 Å². The number of ether oxygens (including phenoxy) is 1. The Morgan fingerprint density at radius 2 is 2.00 bits per heavy atom. The lowest BCUT2D eigenvalue weighted by molar-refractivity contribution is 0.0939. The van der Waals surface area contributed by atoms with E-state index in [0.29, 0.717) is 17.0 Å². The predicted octanol–water partition coefficient (Wildman–Crippen LogP) is 0.833. The van der Waals surface area contributed by atoms with Gasteiger partial charge in [0.1, 0.15) is 18.1 Å². The van der Waals surface area contributed by atoms with Gasteiger partial charge in [0.25, 0.3) is 11.5 Å². The quantitative estimate of drug-likeness (QED) is 0.469. The van der Waals surface area contributed by atoms with Crippen molar-refractivity contribution in [3.05, 3.63) is 70.4 Å². The van der Waals surface area contributed by atoms with Crippen LogP contribution in [0.3, 0.4) is 0 Å². The van der Waals surface area contributed by atoms with Gasteiger partial charge in [0.2, 0.25) is 5.88 Å². The lowest BCUT2D eigenvalue weighted by Crippen LogP contribution is -2.31. The number of carbonyl (C=O) groups is 1. The molecule has 0 fully saturated rings. The number of nitrogens with zero attached hydrogens (tertiary/aromatic N) is 6. The SMILES string of the molecule is Cn1nc(C(=O)NCCOc2ccc3nnc(-c4cccc(F)c4)n3n2)ccc1=O. The smallest absolute Gasteiger partial charge is 0.271 e. The van der Waals surface area contributed by atoms with Gasteiger partial charge in [-0.25, -0.2) is 9.07 Å². The van der Waals surface area contributed by atoms with Crippen LogP contribution in [0, 0.1) is 5.82 Å². The summed E-state index contributed by atoms with van der Waals surface area (Å²) in [5.41, 5.74) is 0.837. The second-order valence-electron chi connectivity index (χ2n) is 6.26. The summed E-state index contributed by atoms with van der Waals surface area (Å²) in [6.45, 7) is 0.343. The Hall–Kier alpha value is -4.15. The lowest BCUT2D eigenvalue weighted by atomic mass is 10.2. The van der Waals surface area contributed by atoms with Gasteiger partial charge in [0, 0.05) is 24.7 Å². The summed E-state index contributed by atoms with van der Waals surface area (Å²) in [7, 11) is 1.47. The molecule has 0 aliphatic heterocycles. The van der Waals surface area contributed by atoms with Gasteiger partial charge in [-0.1, -0.05) is 12.1 Å². The summed E-state index contributed by atoms with van der Waals surface area (Å²) in [5.74, 6) is -0.149. The molecule has 4 aromatic rings. The van der Waals surface area contributed by atoms with E-state index in [1.165, 1.54) is 35.8 Å². The first-order valence-electron chi connectivity index (χ1n) is 8.95. The molecule has 0 saturated heterocycles. The van der Waals surface area contributed by atoms with Crippen LogP contribution in [0.1, 0.15) is 10.5 Å². The molecule has 4 rings (SSSR count). The molecule has 0 atom stereocenters. The number of nitrogens with one attached hydrogen (secondary N) is 1. The highest BCUT2D eigenvalue weighted by Crippen LogP contribution is 2.19. The average Bonchev–Trinajstić information content (AvgIpc) is 3.16. The van der Waals surface area contributed by atoms with Crippen LogP contribution >= 0.6 is 0 Å². The molecule has 11 heteroatoms. The highest BCUT2D eigenvalue weighted by atomic mass is 19.1. The van der Waals surface area contributed by atoms with E-state index in [9.17, 15) is 14.0 Å². The monoisotopic (exact) mass is 409 g/mol. The summed E-state index contributed by atoms with van der Waals surface area (Å²) in [6.07, 6.45) is 0. The zero-order chi connectivity index (χ0) is 21.1. The van der Waals surface area contributed by atoms with Crippen molar-refractivity contribution in [1.82, 2.24) is 34.9 Å². The molecule has 3 aromatic heterocycles. The summed E-state index contributed by atoms with van der Waals surface area (Å²) in [4.78, 5) is 23.4. The van der Waals surface area contributed by atoms with Crippen LogP contribution in [0.5, 0.6) is 5.88 Å². The number of halogens is 1. The topological polar surface area (TPSA) is 116 Å². The molecule has 0 saturated carbocycles. The van der Waals surface area contributed by atoms with Crippen LogP contribution in [0.4, 0.5) is 4.39 Å². The molecule has 152 valence electrons. The van der Waals surface area contributed by atoms with E-state index in [1.807, 2.05) is 0 Å². The maximum atomic E-state index is 13.5. The molecule has 0 unspecified atom stereocenters. The third kappa shape index (κ3) is 3.99. The lowest BCUT2D eigenvalue weighted by Gasteiger charge is -2.08. The molecular formula is C19H16FN7O3. The van der Waals surface area contributed by atoms with Crippen LogP contribution in [-0.4, -0.2) is 48.7 Å². The van der Waals surface area contributed by atoms with Crippen molar-refractivity contribution in [3.8, 4) is 17.3 Å². The van der Waals surface area contributed by atoms with Gasteiger partial charge in [0.05, 0.1) is 6.54 Å². The number of hydrogen-bond donors (Lipinski definition) is 1. The Bertz CT molecular complexity index is 1280. The number of amides is 1. The number of aryl methyl sites for hydroxylation is 1. The predicted molar refractivity (Wildman–Crippen MR) is 103 cm³/mol. The highest BCUT2D eigenvalue weighted by molar-refractivity contribution is 5.91. The van der Waals surface area contributed by atoms with Crippen LogP contribution in [0.2, 0.25) is 0 Å². The van der Waals surface area contributed by atoms with Gasteiger partial charge in [0.15, 0.2) is 11.5 Å². The largest absolute Gasteiger partial charge is 0.475 e. The normalized spacial score (nSPS) is 10.9. The first-order chi connectivity index (χ1) is 14.5. The summed E-state index contributed by atoms with van der Waals surface area (Å²) in [5, 5.41) is 18.9. The molecule has 0 spiro atoms. The fourth-order valence-corrected chi connectivity index (χ4v) is 2.69. The zero-order valence-electron chi connectivity index (χ0n) is 15.8. The number of benzene rings is 1. The molecule has 0 radical (unpaired) electrons. The maximum Gasteiger partial charge on any atom is 0.271 e. The number of rotatable bonds is 6. The summed E-state index contributed by atoms with van der Waals surface area (Å²) < 4.78 is 21.6. The fourth-order valence-electron chi connectivity index (χ4n) is 2.69. The highest BCUT2D eigenvalue weighted by Gasteiger charge is 2.12. The Morgan fingerprint density at radius 1 is 1.13 bits per heavy atom. The minimum atomic E-state index is -0.426. The van der Waals surface area contributed by atoms with E-state index in [0.717, 1.165) is 4.68 Å². The fraction of sp³-hybridized carbons (Fsp3) is 0.158. The van der Waals surface area contributed by atoms with Gasteiger partial charge >= 0.3 is 0 Å². The van der Waals surface area contributed by atoms with Crippen molar-refractivity contribution in [2.45, 2.75) is 0 Å². The van der Waals surface area contributed by atoms with Crippen LogP contribution in [0.25, 0.3) is 17.0 Å². The average molecular weight is 409 g/mol. The van der Waals surface area contributed by atoms with Crippen molar-refractivity contribution >= 4 is 11.6 Å². The molecule has 10 nitrogen and oxygen atoms in total. The van der Waals surface area contributed by atoms with E-state index < -0.39 is 5.91 Å². The van der Waals surface area contributed by atoms with E-state index >= 15 is 0 Å². The Labute approximate surface area is 168 Å². The summed E-state index contributed by atoms with van der Waals surface area (Å²) >= 11 is 0. The van der Waals surface area contributed by atoms with E-state index in [4.69, 9.17) is 4.74 Å². The van der Waals surface area contributed by atoms with Crippen molar-refractivity contribution in [1.29, 1.82) is 0 Å². The number of hydrogen-bond acceptors (Lipinski definition) is 7. The maximum absolute atomic E-state index is 13.5. The van der Waals surface area contributed by atoms with Gasteiger partial charge in [-0.3, -0.25) is 9.59 Å². The van der Waals surface area contributed by atoms with Crippen molar-refractivity contribution < 1.29 is 13.9 Å². The van der Waals surface area contributed by atoms with Gasteiger partial charge < -0.3 is 10.1 Å². The molecule has 1 amide bonds.